The van der Waals surface area contributed by atoms with Crippen LogP contribution in [0.1, 0.15) is 17.5 Å². The van der Waals surface area contributed by atoms with Gasteiger partial charge in [0.15, 0.2) is 0 Å². The quantitative estimate of drug-likeness (QED) is 0.377. The number of hydrogen-bond acceptors (Lipinski definition) is 7. The number of nitrogens with two attached hydrogens (primary N) is 1. The van der Waals surface area contributed by atoms with Crippen LogP contribution in [0.5, 0.6) is 0 Å². The third-order valence-corrected chi connectivity index (χ3v) is 3.50. The summed E-state index contributed by atoms with van der Waals surface area (Å²) in [6.07, 6.45) is -7.91. The van der Waals surface area contributed by atoms with Crippen LogP contribution >= 0.6 is 0 Å². The van der Waals surface area contributed by atoms with Crippen molar-refractivity contribution in [2.45, 2.75) is 24.8 Å². The number of anilines is 1. The van der Waals surface area contributed by atoms with Crippen molar-refractivity contribution in [1.29, 1.82) is 0 Å². The van der Waals surface area contributed by atoms with Gasteiger partial charge >= 0.3 is 12.1 Å². The van der Waals surface area contributed by atoms with Crippen LogP contribution in [-0.4, -0.2) is 33.3 Å². The molecule has 2 rings (SSSR count). The molecule has 1 aliphatic heterocycles. The van der Waals surface area contributed by atoms with Crippen molar-refractivity contribution >= 4 is 5.69 Å². The highest BCUT2D eigenvalue weighted by Gasteiger charge is 2.38. The summed E-state index contributed by atoms with van der Waals surface area (Å²) in [5.41, 5.74) is 2.41. The van der Waals surface area contributed by atoms with Gasteiger partial charge in [0.2, 0.25) is 17.3 Å². The van der Waals surface area contributed by atoms with Crippen molar-refractivity contribution in [2.24, 2.45) is 0 Å². The minimum atomic E-state index is -4.87. The molecule has 0 aromatic heterocycles. The molecule has 0 aliphatic carbocycles. The summed E-state index contributed by atoms with van der Waals surface area (Å²) in [6, 6.07) is 1.45. The van der Waals surface area contributed by atoms with Crippen molar-refractivity contribution in [1.82, 2.24) is 0 Å². The van der Waals surface area contributed by atoms with Gasteiger partial charge in [-0.25, -0.2) is 8.78 Å². The van der Waals surface area contributed by atoms with Crippen molar-refractivity contribution in [3.8, 4) is 0 Å². The third kappa shape index (κ3) is 4.45. The molecule has 1 aromatic carbocycles. The van der Waals surface area contributed by atoms with Crippen LogP contribution in [0, 0.1) is 0 Å². The highest BCUT2D eigenvalue weighted by molar-refractivity contribution is 5.47. The molecule has 1 heterocycles. The number of rotatable bonds is 5. The molecule has 27 heavy (non-hydrogen) atoms. The molecular formula is C15H14F5NO6. The van der Waals surface area contributed by atoms with E-state index in [0.717, 1.165) is 0 Å². The molecule has 0 amide bonds. The summed E-state index contributed by atoms with van der Waals surface area (Å²) in [5, 5.41) is 37.1. The van der Waals surface area contributed by atoms with Crippen LogP contribution < -0.4 is 5.73 Å². The van der Waals surface area contributed by atoms with Crippen LogP contribution in [0.25, 0.3) is 0 Å². The molecule has 12 heteroatoms. The minimum Gasteiger partial charge on any atom is -0.503 e. The molecule has 0 fully saturated rings. The first-order chi connectivity index (χ1) is 12.3. The molecular weight excluding hydrogens is 385 g/mol. The average Bonchev–Trinajstić information content (AvgIpc) is 2.56. The summed E-state index contributed by atoms with van der Waals surface area (Å²) >= 11 is 0. The van der Waals surface area contributed by atoms with Gasteiger partial charge in [0, 0.05) is 17.7 Å². The number of hydrogen-bond donors (Lipinski definition) is 5. The summed E-state index contributed by atoms with van der Waals surface area (Å²) < 4.78 is 75.8. The maximum absolute atomic E-state index is 14.2. The van der Waals surface area contributed by atoms with Gasteiger partial charge in [-0.3, -0.25) is 0 Å². The van der Waals surface area contributed by atoms with Crippen molar-refractivity contribution in [3.05, 3.63) is 52.5 Å². The Hall–Kier alpha value is -2.89. The molecule has 7 nitrogen and oxygen atoms in total. The lowest BCUT2D eigenvalue weighted by Crippen LogP contribution is -2.28. The van der Waals surface area contributed by atoms with Crippen LogP contribution in [-0.2, 0) is 21.6 Å². The molecule has 1 aromatic rings. The fraction of sp³-hybridized carbons (Fsp3) is 0.333. The topological polar surface area (TPSA) is 125 Å². The number of aliphatic hydroxyl groups excluding tert-OH is 4. The van der Waals surface area contributed by atoms with E-state index in [1.165, 1.54) is 0 Å². The fourth-order valence-corrected chi connectivity index (χ4v) is 2.13. The second kappa shape index (κ2) is 7.02. The van der Waals surface area contributed by atoms with Gasteiger partial charge in [-0.05, 0) is 18.2 Å². The molecule has 0 bridgehead atoms. The smallest absolute Gasteiger partial charge is 0.416 e. The maximum Gasteiger partial charge on any atom is 0.416 e. The minimum absolute atomic E-state index is 0.253. The van der Waals surface area contributed by atoms with Gasteiger partial charge in [0.25, 0.3) is 12.2 Å². The molecule has 1 aliphatic rings. The van der Waals surface area contributed by atoms with E-state index in [0.29, 0.717) is 12.1 Å². The molecule has 0 saturated heterocycles. The second-order valence-electron chi connectivity index (χ2n) is 5.50. The number of halogens is 5. The average molecular weight is 399 g/mol. The third-order valence-electron chi connectivity index (χ3n) is 3.50. The molecule has 0 spiro atoms. The Balaban J connectivity index is 2.09. The summed E-state index contributed by atoms with van der Waals surface area (Å²) in [4.78, 5) is 0. The normalized spacial score (nSPS) is 18.6. The largest absolute Gasteiger partial charge is 0.503 e. The summed E-state index contributed by atoms with van der Waals surface area (Å²) in [5.74, 6) is -8.45. The van der Waals surface area contributed by atoms with E-state index in [-0.39, 0.29) is 6.07 Å². The lowest BCUT2D eigenvalue weighted by atomic mass is 10.0. The zero-order valence-electron chi connectivity index (χ0n) is 13.3. The molecule has 0 radical (unpaired) electrons. The van der Waals surface area contributed by atoms with Gasteiger partial charge in [0.05, 0.1) is 12.2 Å². The van der Waals surface area contributed by atoms with E-state index >= 15 is 0 Å². The van der Waals surface area contributed by atoms with Crippen molar-refractivity contribution in [3.63, 3.8) is 0 Å². The summed E-state index contributed by atoms with van der Waals surface area (Å²) in [7, 11) is 0. The zero-order valence-corrected chi connectivity index (χ0v) is 13.3. The maximum atomic E-state index is 14.2. The Morgan fingerprint density at radius 3 is 2.15 bits per heavy atom. The molecule has 0 saturated carbocycles. The Morgan fingerprint density at radius 2 is 1.56 bits per heavy atom. The number of benzene rings is 1. The van der Waals surface area contributed by atoms with E-state index in [1.54, 1.807) is 0 Å². The van der Waals surface area contributed by atoms with Crippen LogP contribution in [0.2, 0.25) is 0 Å². The Kier molecular flexibility index (Phi) is 5.31. The number of alkyl halides is 5. The van der Waals surface area contributed by atoms with Gasteiger partial charge in [0.1, 0.15) is 0 Å². The highest BCUT2D eigenvalue weighted by atomic mass is 19.4. The van der Waals surface area contributed by atoms with E-state index in [4.69, 9.17) is 20.7 Å². The number of ether oxygens (including phenoxy) is 2. The first-order valence-corrected chi connectivity index (χ1v) is 7.22. The van der Waals surface area contributed by atoms with Crippen LogP contribution in [0.3, 0.4) is 0 Å². The van der Waals surface area contributed by atoms with Crippen LogP contribution in [0.4, 0.5) is 27.6 Å². The Morgan fingerprint density at radius 1 is 0.963 bits per heavy atom. The monoisotopic (exact) mass is 399 g/mol. The van der Waals surface area contributed by atoms with Crippen molar-refractivity contribution in [2.75, 3.05) is 12.3 Å². The van der Waals surface area contributed by atoms with Gasteiger partial charge in [-0.1, -0.05) is 0 Å². The van der Waals surface area contributed by atoms with Gasteiger partial charge in [-0.2, -0.15) is 13.2 Å². The molecule has 150 valence electrons. The van der Waals surface area contributed by atoms with E-state index in [1.807, 2.05) is 0 Å². The van der Waals surface area contributed by atoms with E-state index in [2.05, 4.69) is 4.74 Å². The SMILES string of the molecule is Nc1cc(C(F)(F)F)cc(C(F)(F)CCOC2OC(O)=C(O)C(O)=C2O)c1. The van der Waals surface area contributed by atoms with Crippen molar-refractivity contribution < 1.29 is 51.9 Å². The molecule has 6 N–H and O–H groups in total. The predicted octanol–water partition coefficient (Wildman–Crippen LogP) is 3.76. The molecule has 1 unspecified atom stereocenters. The Bertz CT molecular complexity index is 789. The van der Waals surface area contributed by atoms with E-state index in [9.17, 15) is 32.2 Å². The lowest BCUT2D eigenvalue weighted by Gasteiger charge is -2.24. The standard InChI is InChI=1S/C15H14F5NO6/c16-14(17,6-3-7(15(18,19)20)5-8(21)4-6)1-2-26-13-11(24)9(22)10(23)12(25)27-13/h3-5,13,22-25H,1-2,21H2. The fourth-order valence-electron chi connectivity index (χ4n) is 2.13. The lowest BCUT2D eigenvalue weighted by molar-refractivity contribution is -0.159. The first-order valence-electron chi connectivity index (χ1n) is 7.22. The summed E-state index contributed by atoms with van der Waals surface area (Å²) in [6.45, 7) is -0.862. The second-order valence-corrected chi connectivity index (χ2v) is 5.50. The van der Waals surface area contributed by atoms with Gasteiger partial charge in [-0.15, -0.1) is 0 Å². The van der Waals surface area contributed by atoms with E-state index < -0.39 is 71.5 Å². The number of aliphatic hydroxyl groups is 4. The highest BCUT2D eigenvalue weighted by Crippen LogP contribution is 2.38. The number of nitrogen functional groups attached to an aromatic ring is 1. The first kappa shape index (κ1) is 20.4. The molecule has 1 atom stereocenters. The van der Waals surface area contributed by atoms with Crippen LogP contribution in [0.15, 0.2) is 41.4 Å². The predicted molar refractivity (Wildman–Crippen MR) is 79.8 cm³/mol. The Labute approximate surface area is 148 Å². The zero-order chi connectivity index (χ0) is 20.6. The van der Waals surface area contributed by atoms with Gasteiger partial charge < -0.3 is 35.6 Å².